The summed E-state index contributed by atoms with van der Waals surface area (Å²) in [5.74, 6) is 1.51. The van der Waals surface area contributed by atoms with E-state index in [1.54, 1.807) is 14.0 Å². The van der Waals surface area contributed by atoms with Crippen LogP contribution in [0.1, 0.15) is 50.3 Å². The summed E-state index contributed by atoms with van der Waals surface area (Å²) < 4.78 is 5.47. The van der Waals surface area contributed by atoms with Crippen LogP contribution in [-0.2, 0) is 11.2 Å². The Labute approximate surface area is 150 Å². The molecule has 1 saturated carbocycles. The molecule has 0 aromatic heterocycles. The monoisotopic (exact) mass is 343 g/mol. The fraction of sp³-hybridized carbons (Fsp3) is 0.667. The van der Waals surface area contributed by atoms with Gasteiger partial charge in [-0.2, -0.15) is 0 Å². The van der Waals surface area contributed by atoms with Crippen molar-refractivity contribution in [2.75, 3.05) is 20.2 Å². The molecule has 0 unspecified atom stereocenters. The highest BCUT2D eigenvalue weighted by Gasteiger charge is 2.59. The van der Waals surface area contributed by atoms with Crippen molar-refractivity contribution in [2.24, 2.45) is 17.8 Å². The van der Waals surface area contributed by atoms with Gasteiger partial charge >= 0.3 is 0 Å². The van der Waals surface area contributed by atoms with E-state index in [4.69, 9.17) is 4.74 Å². The summed E-state index contributed by atoms with van der Waals surface area (Å²) in [4.78, 5) is 14.6. The number of carbonyl (C=O) groups is 1. The minimum atomic E-state index is -0.848. The maximum atomic E-state index is 12.1. The molecule has 1 N–H and O–H groups in total. The lowest BCUT2D eigenvalue weighted by atomic mass is 9.63. The summed E-state index contributed by atoms with van der Waals surface area (Å²) >= 11 is 0. The third-order valence-corrected chi connectivity index (χ3v) is 7.10. The van der Waals surface area contributed by atoms with Crippen molar-refractivity contribution in [1.29, 1.82) is 0 Å². The predicted octanol–water partition coefficient (Wildman–Crippen LogP) is 2.98. The fourth-order valence-electron chi connectivity index (χ4n) is 6.01. The van der Waals surface area contributed by atoms with Crippen molar-refractivity contribution in [2.45, 2.75) is 51.2 Å². The number of carbonyl (C=O) groups excluding carboxylic acids is 1. The fourth-order valence-corrected chi connectivity index (χ4v) is 6.01. The van der Waals surface area contributed by atoms with Crippen LogP contribution in [0, 0.1) is 17.8 Å². The molecule has 0 bridgehead atoms. The molecule has 0 spiro atoms. The molecule has 4 heteroatoms. The van der Waals surface area contributed by atoms with Gasteiger partial charge in [-0.25, -0.2) is 0 Å². The highest BCUT2D eigenvalue weighted by molar-refractivity contribution is 5.80. The molecule has 4 rings (SSSR count). The molecule has 1 aliphatic heterocycles. The molecule has 25 heavy (non-hydrogen) atoms. The number of hydrogen-bond donors (Lipinski definition) is 1. The van der Waals surface area contributed by atoms with E-state index in [1.165, 1.54) is 11.1 Å². The second-order valence-electron chi connectivity index (χ2n) is 8.11. The third kappa shape index (κ3) is 2.45. The number of hydrogen-bond acceptors (Lipinski definition) is 4. The second-order valence-corrected chi connectivity index (χ2v) is 8.11. The summed E-state index contributed by atoms with van der Waals surface area (Å²) in [6.07, 6.45) is 3.95. The summed E-state index contributed by atoms with van der Waals surface area (Å²) in [6.45, 7) is 5.30. The molecular weight excluding hydrogens is 314 g/mol. The van der Waals surface area contributed by atoms with E-state index >= 15 is 0 Å². The van der Waals surface area contributed by atoms with Crippen molar-refractivity contribution in [3.8, 4) is 5.75 Å². The maximum Gasteiger partial charge on any atom is 0.135 e. The topological polar surface area (TPSA) is 49.8 Å². The lowest BCUT2D eigenvalue weighted by Crippen LogP contribution is -2.61. The van der Waals surface area contributed by atoms with Gasteiger partial charge in [0.2, 0.25) is 0 Å². The van der Waals surface area contributed by atoms with Crippen LogP contribution in [0.4, 0.5) is 0 Å². The van der Waals surface area contributed by atoms with Gasteiger partial charge in [0.15, 0.2) is 0 Å². The number of ketones is 1. The van der Waals surface area contributed by atoms with Crippen LogP contribution in [0.2, 0.25) is 0 Å². The lowest BCUT2D eigenvalue weighted by molar-refractivity contribution is -0.152. The molecule has 0 radical (unpaired) electrons. The molecule has 2 aliphatic carbocycles. The number of likely N-dealkylation sites (tertiary alicyclic amines) is 1. The normalized spacial score (nSPS) is 37.1. The Morgan fingerprint density at radius 1 is 1.36 bits per heavy atom. The van der Waals surface area contributed by atoms with Crippen molar-refractivity contribution in [1.82, 2.24) is 4.90 Å². The lowest BCUT2D eigenvalue weighted by Gasteiger charge is -2.54. The van der Waals surface area contributed by atoms with Gasteiger partial charge in [-0.3, -0.25) is 9.69 Å². The number of methoxy groups -OCH3 is 1. The molecule has 5 atom stereocenters. The number of fused-ring (bicyclic) bond motifs is 5. The molecule has 0 amide bonds. The highest BCUT2D eigenvalue weighted by Crippen LogP contribution is 2.57. The van der Waals surface area contributed by atoms with Gasteiger partial charge in [-0.1, -0.05) is 13.0 Å². The molecule has 1 aromatic carbocycles. The summed E-state index contributed by atoms with van der Waals surface area (Å²) in [5.41, 5.74) is 1.93. The van der Waals surface area contributed by atoms with Crippen molar-refractivity contribution in [3.63, 3.8) is 0 Å². The number of benzene rings is 1. The van der Waals surface area contributed by atoms with Gasteiger partial charge < -0.3 is 9.84 Å². The van der Waals surface area contributed by atoms with E-state index < -0.39 is 5.60 Å². The van der Waals surface area contributed by atoms with Gasteiger partial charge in [0.1, 0.15) is 11.5 Å². The Morgan fingerprint density at radius 3 is 2.84 bits per heavy atom. The average molecular weight is 343 g/mol. The van der Waals surface area contributed by atoms with Gasteiger partial charge in [-0.05, 0) is 74.2 Å². The first kappa shape index (κ1) is 17.0. The molecule has 1 heterocycles. The first-order valence-corrected chi connectivity index (χ1v) is 9.63. The Bertz CT molecular complexity index is 688. The Hall–Kier alpha value is -1.39. The minimum Gasteiger partial charge on any atom is -0.497 e. The zero-order chi connectivity index (χ0) is 17.8. The number of β-amino-alcohol motifs (C(OH)–C–C–N with tert-alkyl or cyclic N) is 1. The van der Waals surface area contributed by atoms with Gasteiger partial charge in [-0.15, -0.1) is 0 Å². The average Bonchev–Trinajstić information content (AvgIpc) is 2.97. The molecule has 4 nitrogen and oxygen atoms in total. The van der Waals surface area contributed by atoms with Crippen LogP contribution in [0.15, 0.2) is 18.2 Å². The first-order chi connectivity index (χ1) is 12.0. The molecule has 1 saturated heterocycles. The number of rotatable bonds is 3. The van der Waals surface area contributed by atoms with E-state index in [1.807, 2.05) is 0 Å². The molecule has 1 aromatic rings. The van der Waals surface area contributed by atoms with Crippen LogP contribution in [0.25, 0.3) is 0 Å². The second kappa shape index (κ2) is 6.10. The van der Waals surface area contributed by atoms with Gasteiger partial charge in [0.05, 0.1) is 12.7 Å². The first-order valence-electron chi connectivity index (χ1n) is 9.63. The van der Waals surface area contributed by atoms with Crippen LogP contribution in [0.3, 0.4) is 0 Å². The van der Waals surface area contributed by atoms with Gasteiger partial charge in [0, 0.05) is 18.5 Å². The quantitative estimate of drug-likeness (QED) is 0.917. The highest BCUT2D eigenvalue weighted by atomic mass is 16.5. The number of likely N-dealkylation sites (N-methyl/N-ethyl adjacent to an activating group) is 1. The third-order valence-electron chi connectivity index (χ3n) is 7.10. The van der Waals surface area contributed by atoms with Crippen LogP contribution in [0.5, 0.6) is 5.75 Å². The minimum absolute atomic E-state index is 0.150. The van der Waals surface area contributed by atoms with Crippen LogP contribution >= 0.6 is 0 Å². The Balaban J connectivity index is 1.76. The molecular formula is C21H29NO3. The maximum absolute atomic E-state index is 12.1. The Kier molecular flexibility index (Phi) is 4.16. The van der Waals surface area contributed by atoms with Crippen LogP contribution in [-0.4, -0.2) is 41.6 Å². The standard InChI is InChI=1S/C21H29NO3/c1-4-22-12-21(24)18(13(2)23)9-10-19(21)16-8-6-14-5-7-15(25-3)11-17(14)20(16)22/h5,7,11,16,18-20,24H,4,6,8-10,12H2,1-3H3/t16-,18-,19-,20+,21-/m0/s1. The number of aryl methyl sites for hydroxylation is 1. The largest absolute Gasteiger partial charge is 0.497 e. The van der Waals surface area contributed by atoms with Crippen molar-refractivity contribution < 1.29 is 14.6 Å². The number of ether oxygens (including phenoxy) is 1. The van der Waals surface area contributed by atoms with E-state index in [0.29, 0.717) is 18.5 Å². The van der Waals surface area contributed by atoms with Crippen LogP contribution < -0.4 is 4.74 Å². The summed E-state index contributed by atoms with van der Waals surface area (Å²) in [5, 5.41) is 11.5. The SMILES string of the molecule is CCN1C[C@]2(O)[C@H](C(C)=O)CC[C@H]2[C@@H]2CCc3ccc(OC)cc3[C@@H]21. The van der Waals surface area contributed by atoms with E-state index in [0.717, 1.165) is 38.0 Å². The Morgan fingerprint density at radius 2 is 2.16 bits per heavy atom. The number of piperidine rings is 1. The predicted molar refractivity (Wildman–Crippen MR) is 96.6 cm³/mol. The smallest absolute Gasteiger partial charge is 0.135 e. The molecule has 136 valence electrons. The van der Waals surface area contributed by atoms with Crippen molar-refractivity contribution >= 4 is 5.78 Å². The number of Topliss-reactive ketones (excluding diaryl/α,β-unsaturated/α-hetero) is 1. The van der Waals surface area contributed by atoms with E-state index in [9.17, 15) is 9.90 Å². The van der Waals surface area contributed by atoms with Gasteiger partial charge in [0.25, 0.3) is 0 Å². The molecule has 3 aliphatic rings. The van der Waals surface area contributed by atoms with E-state index in [-0.39, 0.29) is 17.6 Å². The zero-order valence-electron chi connectivity index (χ0n) is 15.5. The zero-order valence-corrected chi connectivity index (χ0v) is 15.5. The molecule has 2 fully saturated rings. The van der Waals surface area contributed by atoms with Crippen molar-refractivity contribution in [3.05, 3.63) is 29.3 Å². The summed E-state index contributed by atoms with van der Waals surface area (Å²) in [7, 11) is 1.72. The summed E-state index contributed by atoms with van der Waals surface area (Å²) in [6, 6.07) is 6.78. The number of nitrogens with zero attached hydrogens (tertiary/aromatic N) is 1. The van der Waals surface area contributed by atoms with E-state index in [2.05, 4.69) is 30.0 Å². The number of aliphatic hydroxyl groups is 1.